The van der Waals surface area contributed by atoms with Crippen molar-refractivity contribution in [2.45, 2.75) is 45.7 Å². The molecule has 1 unspecified atom stereocenters. The topological polar surface area (TPSA) is 77.1 Å². The molecular formula is C25H32Cl2N2O5. The minimum absolute atomic E-state index is 0.138. The first-order valence-electron chi connectivity index (χ1n) is 11.2. The van der Waals surface area contributed by atoms with Crippen LogP contribution in [0.3, 0.4) is 0 Å². The molecule has 0 aliphatic heterocycles. The largest absolute Gasteiger partial charge is 0.496 e. The van der Waals surface area contributed by atoms with Gasteiger partial charge in [0.05, 0.1) is 14.2 Å². The van der Waals surface area contributed by atoms with Gasteiger partial charge < -0.3 is 24.4 Å². The number of benzene rings is 2. The van der Waals surface area contributed by atoms with E-state index in [1.165, 1.54) is 19.1 Å². The van der Waals surface area contributed by atoms with E-state index in [1.807, 2.05) is 13.8 Å². The van der Waals surface area contributed by atoms with Crippen molar-refractivity contribution in [3.8, 4) is 17.2 Å². The summed E-state index contributed by atoms with van der Waals surface area (Å²) >= 11 is 12.4. The van der Waals surface area contributed by atoms with Crippen molar-refractivity contribution in [1.82, 2.24) is 10.2 Å². The van der Waals surface area contributed by atoms with Gasteiger partial charge in [0.2, 0.25) is 5.91 Å². The SMILES string of the molecule is CCCCNC(=O)C(CC)N(Cc1ccc(Cl)cc1Cl)C(=O)COc1cc(OC)cc(OC)c1. The standard InChI is InChI=1S/C25H32Cl2N2O5/c1-5-7-10-28-25(31)23(6-2)29(15-17-8-9-18(26)11-22(17)27)24(30)16-34-21-13-19(32-3)12-20(14-21)33-4/h8-9,11-14,23H,5-7,10,15-16H2,1-4H3,(H,28,31). The Labute approximate surface area is 211 Å². The zero-order valence-electron chi connectivity index (χ0n) is 20.0. The van der Waals surface area contributed by atoms with Crippen LogP contribution >= 0.6 is 23.2 Å². The van der Waals surface area contributed by atoms with E-state index in [2.05, 4.69) is 5.32 Å². The molecule has 0 aliphatic rings. The lowest BCUT2D eigenvalue weighted by atomic mass is 10.1. The molecule has 2 rings (SSSR count). The van der Waals surface area contributed by atoms with E-state index in [0.29, 0.717) is 45.8 Å². The van der Waals surface area contributed by atoms with Crippen LogP contribution in [0, 0.1) is 0 Å². The molecule has 0 aromatic heterocycles. The van der Waals surface area contributed by atoms with Crippen LogP contribution in [0.1, 0.15) is 38.7 Å². The molecule has 1 atom stereocenters. The fourth-order valence-electron chi connectivity index (χ4n) is 3.35. The van der Waals surface area contributed by atoms with E-state index in [0.717, 1.165) is 12.8 Å². The molecule has 1 N–H and O–H groups in total. The third kappa shape index (κ3) is 7.99. The smallest absolute Gasteiger partial charge is 0.261 e. The van der Waals surface area contributed by atoms with E-state index in [4.69, 9.17) is 37.4 Å². The highest BCUT2D eigenvalue weighted by Gasteiger charge is 2.29. The summed E-state index contributed by atoms with van der Waals surface area (Å²) < 4.78 is 16.3. The highest BCUT2D eigenvalue weighted by molar-refractivity contribution is 6.35. The van der Waals surface area contributed by atoms with E-state index in [-0.39, 0.29) is 25.0 Å². The Hall–Kier alpha value is -2.64. The molecule has 0 saturated carbocycles. The number of hydrogen-bond donors (Lipinski definition) is 1. The molecule has 0 heterocycles. The number of amides is 2. The fraction of sp³-hybridized carbons (Fsp3) is 0.440. The van der Waals surface area contributed by atoms with Crippen LogP contribution in [0.25, 0.3) is 0 Å². The van der Waals surface area contributed by atoms with Gasteiger partial charge in [-0.1, -0.05) is 49.5 Å². The number of methoxy groups -OCH3 is 2. The van der Waals surface area contributed by atoms with Gasteiger partial charge in [0.1, 0.15) is 23.3 Å². The number of unbranched alkanes of at least 4 members (excludes halogenated alkanes) is 1. The van der Waals surface area contributed by atoms with Crippen molar-refractivity contribution in [1.29, 1.82) is 0 Å². The van der Waals surface area contributed by atoms with Crippen LogP contribution < -0.4 is 19.5 Å². The number of hydrogen-bond acceptors (Lipinski definition) is 5. The Kier molecular flexibility index (Phi) is 11.3. The fourth-order valence-corrected chi connectivity index (χ4v) is 3.82. The molecule has 186 valence electrons. The van der Waals surface area contributed by atoms with E-state index < -0.39 is 6.04 Å². The maximum Gasteiger partial charge on any atom is 0.261 e. The molecule has 34 heavy (non-hydrogen) atoms. The van der Waals surface area contributed by atoms with E-state index in [1.54, 1.807) is 36.4 Å². The summed E-state index contributed by atoms with van der Waals surface area (Å²) in [6.45, 7) is 4.32. The van der Waals surface area contributed by atoms with Crippen molar-refractivity contribution in [2.75, 3.05) is 27.4 Å². The summed E-state index contributed by atoms with van der Waals surface area (Å²) in [4.78, 5) is 27.8. The van der Waals surface area contributed by atoms with Crippen LogP contribution in [0.2, 0.25) is 10.0 Å². The van der Waals surface area contributed by atoms with Crippen LogP contribution in [0.4, 0.5) is 0 Å². The van der Waals surface area contributed by atoms with Gasteiger partial charge in [0.25, 0.3) is 5.91 Å². The highest BCUT2D eigenvalue weighted by atomic mass is 35.5. The van der Waals surface area contributed by atoms with Gasteiger partial charge in [0.15, 0.2) is 6.61 Å². The summed E-state index contributed by atoms with van der Waals surface area (Å²) in [5, 5.41) is 3.84. The van der Waals surface area contributed by atoms with Gasteiger partial charge >= 0.3 is 0 Å². The van der Waals surface area contributed by atoms with E-state index >= 15 is 0 Å². The minimum atomic E-state index is -0.681. The second kappa shape index (κ2) is 13.9. The second-order valence-corrected chi connectivity index (χ2v) is 8.51. The molecular weight excluding hydrogens is 479 g/mol. The molecule has 0 fully saturated rings. The van der Waals surface area contributed by atoms with Gasteiger partial charge in [-0.3, -0.25) is 9.59 Å². The number of ether oxygens (including phenoxy) is 3. The third-order valence-electron chi connectivity index (χ3n) is 5.26. The van der Waals surface area contributed by atoms with Crippen LogP contribution in [0.5, 0.6) is 17.2 Å². The molecule has 0 radical (unpaired) electrons. The zero-order chi connectivity index (χ0) is 25.1. The second-order valence-electron chi connectivity index (χ2n) is 7.66. The molecule has 7 nitrogen and oxygen atoms in total. The van der Waals surface area contributed by atoms with Crippen LogP contribution in [-0.4, -0.2) is 50.1 Å². The lowest BCUT2D eigenvalue weighted by Crippen LogP contribution is -2.50. The average Bonchev–Trinajstić information content (AvgIpc) is 2.83. The van der Waals surface area contributed by atoms with Crippen LogP contribution in [0.15, 0.2) is 36.4 Å². The average molecular weight is 511 g/mol. The first kappa shape index (κ1) is 27.6. The molecule has 0 bridgehead atoms. The van der Waals surface area contributed by atoms with E-state index in [9.17, 15) is 9.59 Å². The number of nitrogens with one attached hydrogen (secondary N) is 1. The molecule has 0 spiro atoms. The van der Waals surface area contributed by atoms with Crippen molar-refractivity contribution >= 4 is 35.0 Å². The summed E-state index contributed by atoms with van der Waals surface area (Å²) in [5.74, 6) is 0.916. The number of halogens is 2. The predicted molar refractivity (Wildman–Crippen MR) is 134 cm³/mol. The number of rotatable bonds is 13. The van der Waals surface area contributed by atoms with Crippen molar-refractivity contribution in [3.05, 3.63) is 52.0 Å². The van der Waals surface area contributed by atoms with Gasteiger partial charge in [-0.2, -0.15) is 0 Å². The monoisotopic (exact) mass is 510 g/mol. The van der Waals surface area contributed by atoms with Crippen LogP contribution in [-0.2, 0) is 16.1 Å². The Bertz CT molecular complexity index is 948. The van der Waals surface area contributed by atoms with Gasteiger partial charge in [0, 0.05) is 41.3 Å². The lowest BCUT2D eigenvalue weighted by Gasteiger charge is -2.31. The Balaban J connectivity index is 2.26. The van der Waals surface area contributed by atoms with Crippen molar-refractivity contribution < 1.29 is 23.8 Å². The Morgan fingerprint density at radius 1 is 1.00 bits per heavy atom. The number of nitrogens with zero attached hydrogens (tertiary/aromatic N) is 1. The molecule has 2 aromatic carbocycles. The van der Waals surface area contributed by atoms with Crippen molar-refractivity contribution in [3.63, 3.8) is 0 Å². The first-order chi connectivity index (χ1) is 16.3. The quantitative estimate of drug-likeness (QED) is 0.378. The minimum Gasteiger partial charge on any atom is -0.496 e. The normalized spacial score (nSPS) is 11.5. The molecule has 0 saturated heterocycles. The summed E-state index contributed by atoms with van der Waals surface area (Å²) in [6, 6.07) is 9.41. The molecule has 2 amide bonds. The van der Waals surface area contributed by atoms with Gasteiger partial charge in [-0.25, -0.2) is 0 Å². The zero-order valence-corrected chi connectivity index (χ0v) is 21.5. The highest BCUT2D eigenvalue weighted by Crippen LogP contribution is 2.28. The van der Waals surface area contributed by atoms with Gasteiger partial charge in [-0.05, 0) is 30.5 Å². The maximum atomic E-state index is 13.3. The van der Waals surface area contributed by atoms with Gasteiger partial charge in [-0.15, -0.1) is 0 Å². The Morgan fingerprint density at radius 2 is 1.65 bits per heavy atom. The predicted octanol–water partition coefficient (Wildman–Crippen LogP) is 5.11. The molecule has 0 aliphatic carbocycles. The maximum absolute atomic E-state index is 13.3. The lowest BCUT2D eigenvalue weighted by molar-refractivity contribution is -0.143. The van der Waals surface area contributed by atoms with Crippen molar-refractivity contribution in [2.24, 2.45) is 0 Å². The summed E-state index contributed by atoms with van der Waals surface area (Å²) in [7, 11) is 3.06. The number of carbonyl (C=O) groups is 2. The Morgan fingerprint density at radius 3 is 2.21 bits per heavy atom. The summed E-state index contributed by atoms with van der Waals surface area (Å²) in [6.07, 6.45) is 2.25. The third-order valence-corrected chi connectivity index (χ3v) is 5.85. The number of carbonyl (C=O) groups excluding carboxylic acids is 2. The molecule has 9 heteroatoms. The summed E-state index contributed by atoms with van der Waals surface area (Å²) in [5.41, 5.74) is 0.683. The first-order valence-corrected chi connectivity index (χ1v) is 11.9. The molecule has 2 aromatic rings.